The summed E-state index contributed by atoms with van der Waals surface area (Å²) in [5, 5.41) is 12.4. The van der Waals surface area contributed by atoms with Gasteiger partial charge >= 0.3 is 0 Å². The average Bonchev–Trinajstić information content (AvgIpc) is 2.78. The van der Waals surface area contributed by atoms with Crippen LogP contribution >= 0.6 is 11.3 Å². The average molecular weight is 250 g/mol. The van der Waals surface area contributed by atoms with Gasteiger partial charge in [-0.15, -0.1) is 11.3 Å². The van der Waals surface area contributed by atoms with Gasteiger partial charge in [0.05, 0.1) is 0 Å². The first-order valence-corrected chi connectivity index (χ1v) is 6.35. The van der Waals surface area contributed by atoms with E-state index in [1.807, 2.05) is 5.38 Å². The second-order valence-corrected chi connectivity index (χ2v) is 4.66. The third-order valence-electron chi connectivity index (χ3n) is 2.43. The SMILES string of the molecule is CCC(C)Nc1nc(-c2ccc(=O)[nH]n2)cs1. The van der Waals surface area contributed by atoms with E-state index in [1.165, 1.54) is 17.4 Å². The highest BCUT2D eigenvalue weighted by molar-refractivity contribution is 7.14. The fourth-order valence-electron chi connectivity index (χ4n) is 1.26. The van der Waals surface area contributed by atoms with Crippen molar-refractivity contribution < 1.29 is 0 Å². The number of nitrogens with one attached hydrogen (secondary N) is 2. The molecule has 2 N–H and O–H groups in total. The summed E-state index contributed by atoms with van der Waals surface area (Å²) >= 11 is 1.54. The number of nitrogens with zero attached hydrogens (tertiary/aromatic N) is 2. The Kier molecular flexibility index (Phi) is 3.53. The van der Waals surface area contributed by atoms with E-state index in [4.69, 9.17) is 0 Å². The monoisotopic (exact) mass is 250 g/mol. The topological polar surface area (TPSA) is 70.7 Å². The summed E-state index contributed by atoms with van der Waals surface area (Å²) in [5.41, 5.74) is 1.25. The van der Waals surface area contributed by atoms with Crippen molar-refractivity contribution in [2.75, 3.05) is 5.32 Å². The Morgan fingerprint density at radius 2 is 2.29 bits per heavy atom. The first-order chi connectivity index (χ1) is 8.19. The Bertz CT molecular complexity index is 528. The van der Waals surface area contributed by atoms with E-state index in [-0.39, 0.29) is 5.56 Å². The number of thiazole rings is 1. The fraction of sp³-hybridized carbons (Fsp3) is 0.364. The molecule has 0 amide bonds. The van der Waals surface area contributed by atoms with E-state index < -0.39 is 0 Å². The highest BCUT2D eigenvalue weighted by Crippen LogP contribution is 2.23. The minimum atomic E-state index is -0.207. The number of aromatic amines is 1. The van der Waals surface area contributed by atoms with Crippen molar-refractivity contribution in [3.63, 3.8) is 0 Å². The van der Waals surface area contributed by atoms with Gasteiger partial charge in [0.1, 0.15) is 11.4 Å². The summed E-state index contributed by atoms with van der Waals surface area (Å²) in [6, 6.07) is 3.52. The molecular weight excluding hydrogens is 236 g/mol. The Morgan fingerprint density at radius 1 is 1.47 bits per heavy atom. The van der Waals surface area contributed by atoms with Crippen LogP contribution in [-0.4, -0.2) is 21.2 Å². The maximum Gasteiger partial charge on any atom is 0.264 e. The first-order valence-electron chi connectivity index (χ1n) is 5.47. The Balaban J connectivity index is 2.18. The number of rotatable bonds is 4. The minimum Gasteiger partial charge on any atom is -0.359 e. The Hall–Kier alpha value is -1.69. The Labute approximate surface area is 103 Å². The highest BCUT2D eigenvalue weighted by Gasteiger charge is 2.07. The van der Waals surface area contributed by atoms with Crippen LogP contribution in [0.5, 0.6) is 0 Å². The van der Waals surface area contributed by atoms with E-state index >= 15 is 0 Å². The quantitative estimate of drug-likeness (QED) is 0.871. The predicted octanol–water partition coefficient (Wildman–Crippen LogP) is 2.10. The number of anilines is 1. The number of hydrogen-bond acceptors (Lipinski definition) is 5. The molecule has 0 saturated carbocycles. The van der Waals surface area contributed by atoms with Crippen molar-refractivity contribution in [2.45, 2.75) is 26.3 Å². The molecule has 6 heteroatoms. The Morgan fingerprint density at radius 3 is 2.94 bits per heavy atom. The number of H-pyrrole nitrogens is 1. The predicted molar refractivity (Wildman–Crippen MR) is 69.3 cm³/mol. The molecule has 0 aliphatic carbocycles. The van der Waals surface area contributed by atoms with Gasteiger partial charge in [-0.05, 0) is 19.4 Å². The van der Waals surface area contributed by atoms with Gasteiger partial charge < -0.3 is 5.32 Å². The summed E-state index contributed by atoms with van der Waals surface area (Å²) in [6.07, 6.45) is 1.05. The molecular formula is C11H14N4OS. The fourth-order valence-corrected chi connectivity index (χ4v) is 2.07. The van der Waals surface area contributed by atoms with Crippen molar-refractivity contribution in [3.8, 4) is 11.4 Å². The molecule has 90 valence electrons. The van der Waals surface area contributed by atoms with Gasteiger partial charge in [0.2, 0.25) is 0 Å². The lowest BCUT2D eigenvalue weighted by Gasteiger charge is -2.08. The van der Waals surface area contributed by atoms with Crippen LogP contribution in [-0.2, 0) is 0 Å². The summed E-state index contributed by atoms with van der Waals surface area (Å²) in [4.78, 5) is 15.3. The number of aromatic nitrogens is 3. The first kappa shape index (κ1) is 11.8. The molecule has 1 unspecified atom stereocenters. The molecule has 2 aromatic heterocycles. The normalized spacial score (nSPS) is 12.4. The van der Waals surface area contributed by atoms with Crippen LogP contribution in [0.25, 0.3) is 11.4 Å². The van der Waals surface area contributed by atoms with Crippen LogP contribution in [0.1, 0.15) is 20.3 Å². The zero-order valence-electron chi connectivity index (χ0n) is 9.73. The van der Waals surface area contributed by atoms with Crippen molar-refractivity contribution in [3.05, 3.63) is 27.9 Å². The lowest BCUT2D eigenvalue weighted by molar-refractivity contribution is 0.763. The van der Waals surface area contributed by atoms with Crippen molar-refractivity contribution >= 4 is 16.5 Å². The third-order valence-corrected chi connectivity index (χ3v) is 3.20. The maximum atomic E-state index is 10.9. The summed E-state index contributed by atoms with van der Waals surface area (Å²) in [5.74, 6) is 0. The molecule has 5 nitrogen and oxygen atoms in total. The van der Waals surface area contributed by atoms with E-state index in [1.54, 1.807) is 6.07 Å². The zero-order valence-corrected chi connectivity index (χ0v) is 10.5. The van der Waals surface area contributed by atoms with Crippen molar-refractivity contribution in [1.29, 1.82) is 0 Å². The van der Waals surface area contributed by atoms with Gasteiger partial charge in [-0.25, -0.2) is 10.1 Å². The smallest absolute Gasteiger partial charge is 0.264 e. The maximum absolute atomic E-state index is 10.9. The molecule has 17 heavy (non-hydrogen) atoms. The molecule has 0 spiro atoms. The molecule has 0 aliphatic rings. The van der Waals surface area contributed by atoms with E-state index in [0.29, 0.717) is 11.7 Å². The lowest BCUT2D eigenvalue weighted by Crippen LogP contribution is -2.13. The van der Waals surface area contributed by atoms with Gasteiger partial charge in [-0.2, -0.15) is 5.10 Å². The molecule has 0 aliphatic heterocycles. The molecule has 0 aromatic carbocycles. The summed E-state index contributed by atoms with van der Waals surface area (Å²) in [6.45, 7) is 4.23. The molecule has 0 bridgehead atoms. The molecule has 2 aromatic rings. The molecule has 0 fully saturated rings. The van der Waals surface area contributed by atoms with Gasteiger partial charge in [-0.1, -0.05) is 6.92 Å². The van der Waals surface area contributed by atoms with Crippen LogP contribution in [0, 0.1) is 0 Å². The van der Waals surface area contributed by atoms with Crippen LogP contribution in [0.15, 0.2) is 22.3 Å². The highest BCUT2D eigenvalue weighted by atomic mass is 32.1. The van der Waals surface area contributed by atoms with Gasteiger partial charge in [0.25, 0.3) is 5.56 Å². The largest absolute Gasteiger partial charge is 0.359 e. The van der Waals surface area contributed by atoms with E-state index in [9.17, 15) is 4.79 Å². The van der Waals surface area contributed by atoms with Gasteiger partial charge in [-0.3, -0.25) is 4.79 Å². The van der Waals surface area contributed by atoms with Crippen LogP contribution < -0.4 is 10.9 Å². The standard InChI is InChI=1S/C11H14N4OS/c1-3-7(2)12-11-13-9(6-17-11)8-4-5-10(16)15-14-8/h4-7H,3H2,1-2H3,(H,12,13)(H,15,16). The van der Waals surface area contributed by atoms with E-state index in [0.717, 1.165) is 17.2 Å². The molecule has 1 atom stereocenters. The molecule has 0 saturated heterocycles. The second-order valence-electron chi connectivity index (χ2n) is 3.80. The zero-order chi connectivity index (χ0) is 12.3. The van der Waals surface area contributed by atoms with Gasteiger partial charge in [0, 0.05) is 17.5 Å². The summed E-state index contributed by atoms with van der Waals surface area (Å²) in [7, 11) is 0. The van der Waals surface area contributed by atoms with Crippen molar-refractivity contribution in [2.24, 2.45) is 0 Å². The van der Waals surface area contributed by atoms with Crippen LogP contribution in [0.2, 0.25) is 0 Å². The lowest BCUT2D eigenvalue weighted by atomic mass is 10.3. The number of hydrogen-bond donors (Lipinski definition) is 2. The molecule has 2 rings (SSSR count). The van der Waals surface area contributed by atoms with Gasteiger partial charge in [0.15, 0.2) is 5.13 Å². The van der Waals surface area contributed by atoms with Crippen LogP contribution in [0.3, 0.4) is 0 Å². The van der Waals surface area contributed by atoms with E-state index in [2.05, 4.69) is 34.3 Å². The second kappa shape index (κ2) is 5.09. The minimum absolute atomic E-state index is 0.207. The molecule has 2 heterocycles. The third kappa shape index (κ3) is 2.91. The molecule has 0 radical (unpaired) electrons. The van der Waals surface area contributed by atoms with Crippen molar-refractivity contribution in [1.82, 2.24) is 15.2 Å². The summed E-state index contributed by atoms with van der Waals surface area (Å²) < 4.78 is 0. The van der Waals surface area contributed by atoms with Crippen LogP contribution in [0.4, 0.5) is 5.13 Å².